The summed E-state index contributed by atoms with van der Waals surface area (Å²) in [5, 5.41) is 31.8. The monoisotopic (exact) mass is 871 g/mol. The van der Waals surface area contributed by atoms with E-state index in [4.69, 9.17) is 15.0 Å². The fourth-order valence-electron chi connectivity index (χ4n) is 8.00. The molecule has 3 aliphatic rings. The molecule has 0 radical (unpaired) electrons. The van der Waals surface area contributed by atoms with Gasteiger partial charge in [-0.3, -0.25) is 29.4 Å². The highest BCUT2D eigenvalue weighted by Crippen LogP contribution is 2.34. The zero-order chi connectivity index (χ0) is 44.3. The number of urea groups is 1. The van der Waals surface area contributed by atoms with Crippen LogP contribution in [0, 0.1) is 23.4 Å². The summed E-state index contributed by atoms with van der Waals surface area (Å²) < 4.78 is 77.1. The summed E-state index contributed by atoms with van der Waals surface area (Å²) >= 11 is 0. The van der Waals surface area contributed by atoms with Gasteiger partial charge < -0.3 is 20.4 Å². The fourth-order valence-corrected chi connectivity index (χ4v) is 8.00. The molecule has 1 saturated carbocycles. The normalized spacial score (nSPS) is 18.7. The minimum atomic E-state index is -5.08. The van der Waals surface area contributed by atoms with E-state index in [1.165, 1.54) is 5.56 Å². The number of phenolic OH excluding ortho intramolecular Hbond substituents is 1. The number of aryl methyl sites for hydroxylation is 1. The Kier molecular flexibility index (Phi) is 12.9. The largest absolute Gasteiger partial charge is 0.503 e. The Bertz CT molecular complexity index is 2480. The lowest BCUT2D eigenvalue weighted by Gasteiger charge is -2.36. The average Bonchev–Trinajstić information content (AvgIpc) is 3.88. The first-order valence-corrected chi connectivity index (χ1v) is 20.0. The number of fused-ring (bicyclic) bond motifs is 2. The standard InChI is InChI=1S/C39H42F3N9O4.C2HF3O2/c40-30-19-29(35(41)36(42)37(30)53)38(54)43-20-24-3-7-27(8-4-24)50-23-26-6-9-28(18-31(26)46-50)48-16-14-47(15-17-48)12-1-2-25-5-10-32-33(21-44-51(32)22-25)49-13-11-34(52)45-39(49)55;3-2(4,5)1(6)7/h5-6,9-10,18-19,21-24,27,53H,1-4,7-8,11-17,20H2,(H,43,54)(H,45,52,55);(H,6,7). The number of carboxylic acids is 1. The summed E-state index contributed by atoms with van der Waals surface area (Å²) in [7, 11) is 0. The van der Waals surface area contributed by atoms with Crippen LogP contribution in [0.1, 0.15) is 60.5 Å². The second-order valence-electron chi connectivity index (χ2n) is 15.5. The number of carbonyl (C=O) groups excluding carboxylic acids is 3. The highest BCUT2D eigenvalue weighted by atomic mass is 19.4. The van der Waals surface area contributed by atoms with Gasteiger partial charge >= 0.3 is 18.2 Å². The smallest absolute Gasteiger partial charge is 0.490 e. The Morgan fingerprint density at radius 2 is 1.65 bits per heavy atom. The van der Waals surface area contributed by atoms with Crippen molar-refractivity contribution >= 4 is 51.6 Å². The number of rotatable bonds is 10. The number of aromatic hydroxyl groups is 1. The number of nitrogens with zero attached hydrogens (tertiary/aromatic N) is 7. The summed E-state index contributed by atoms with van der Waals surface area (Å²) in [6.45, 7) is 5.37. The third-order valence-corrected chi connectivity index (χ3v) is 11.5. The topological polar surface area (TPSA) is 178 Å². The second kappa shape index (κ2) is 18.3. The summed E-state index contributed by atoms with van der Waals surface area (Å²) in [6, 6.07) is 10.8. The predicted octanol–water partition coefficient (Wildman–Crippen LogP) is 5.80. The number of halogens is 6. The number of carboxylic acid groups (broad SMARTS) is 1. The first kappa shape index (κ1) is 43.7. The molecule has 0 atom stereocenters. The summed E-state index contributed by atoms with van der Waals surface area (Å²) in [4.78, 5) is 51.7. The van der Waals surface area contributed by atoms with Gasteiger partial charge in [-0.2, -0.15) is 27.8 Å². The SMILES string of the molecule is O=C(O)C(F)(F)F.O=C1CCN(c2cnn3cc(CCCN4CCN(c5ccc6cn(C7CCC(CNC(=O)c8cc(F)c(O)c(F)c8F)CC7)nc6c5)CC4)ccc23)C(=O)N1. The number of anilines is 2. The first-order chi connectivity index (χ1) is 29.5. The molecule has 4 amide bonds. The average molecular weight is 872 g/mol. The Morgan fingerprint density at radius 1 is 0.919 bits per heavy atom. The minimum absolute atomic E-state index is 0.136. The number of benzene rings is 2. The number of amides is 4. The molecule has 330 valence electrons. The van der Waals surface area contributed by atoms with Crippen LogP contribution in [0.4, 0.5) is 42.5 Å². The number of hydrogen-bond acceptors (Lipinski definition) is 9. The van der Waals surface area contributed by atoms with Gasteiger partial charge in [0.1, 0.15) is 0 Å². The number of aromatic nitrogens is 4. The Labute approximate surface area is 349 Å². The maximum absolute atomic E-state index is 14.1. The molecule has 1 aliphatic carbocycles. The van der Waals surface area contributed by atoms with Crippen molar-refractivity contribution in [2.75, 3.05) is 55.6 Å². The molecule has 15 nitrogen and oxygen atoms in total. The highest BCUT2D eigenvalue weighted by molar-refractivity contribution is 6.07. The summed E-state index contributed by atoms with van der Waals surface area (Å²) in [5.74, 6) is -9.98. The number of carbonyl (C=O) groups is 4. The molecule has 5 heterocycles. The van der Waals surface area contributed by atoms with Gasteiger partial charge in [0.15, 0.2) is 17.4 Å². The van der Waals surface area contributed by atoms with E-state index >= 15 is 0 Å². The summed E-state index contributed by atoms with van der Waals surface area (Å²) in [5.41, 5.74) is 4.02. The van der Waals surface area contributed by atoms with Crippen LogP contribution in [0.3, 0.4) is 0 Å². The van der Waals surface area contributed by atoms with E-state index in [9.17, 15) is 45.8 Å². The molecule has 3 aromatic heterocycles. The Balaban J connectivity index is 0.000000762. The van der Waals surface area contributed by atoms with E-state index < -0.39 is 52.8 Å². The Hall–Kier alpha value is -6.38. The number of nitrogens with one attached hydrogen (secondary N) is 2. The molecule has 21 heteroatoms. The van der Waals surface area contributed by atoms with Crippen LogP contribution < -0.4 is 20.4 Å². The van der Waals surface area contributed by atoms with Gasteiger partial charge in [0.05, 0.1) is 34.5 Å². The van der Waals surface area contributed by atoms with E-state index in [-0.39, 0.29) is 30.8 Å². The number of piperazine rings is 1. The van der Waals surface area contributed by atoms with Gasteiger partial charge in [-0.15, -0.1) is 0 Å². The van der Waals surface area contributed by atoms with Crippen LogP contribution in [0.25, 0.3) is 16.4 Å². The quantitative estimate of drug-likeness (QED) is 0.0991. The molecule has 0 spiro atoms. The van der Waals surface area contributed by atoms with E-state index in [0.29, 0.717) is 18.3 Å². The molecule has 2 aromatic carbocycles. The maximum Gasteiger partial charge on any atom is 0.490 e. The number of phenols is 1. The van der Waals surface area contributed by atoms with Crippen molar-refractivity contribution in [3.8, 4) is 5.75 Å². The lowest BCUT2D eigenvalue weighted by molar-refractivity contribution is -0.192. The molecule has 0 unspecified atom stereocenters. The fraction of sp³-hybridized carbons (Fsp3) is 0.415. The molecular formula is C41H43F6N9O6. The molecule has 2 aliphatic heterocycles. The number of alkyl halides is 3. The van der Waals surface area contributed by atoms with Gasteiger partial charge in [-0.1, -0.05) is 6.07 Å². The van der Waals surface area contributed by atoms with Crippen LogP contribution in [-0.2, 0) is 16.0 Å². The van der Waals surface area contributed by atoms with Crippen LogP contribution in [-0.4, -0.2) is 110 Å². The second-order valence-corrected chi connectivity index (χ2v) is 15.5. The van der Waals surface area contributed by atoms with Crippen LogP contribution in [0.5, 0.6) is 5.75 Å². The number of pyridine rings is 1. The predicted molar refractivity (Wildman–Crippen MR) is 212 cm³/mol. The van der Waals surface area contributed by atoms with Gasteiger partial charge in [-0.05, 0) is 86.9 Å². The van der Waals surface area contributed by atoms with Crippen molar-refractivity contribution in [1.29, 1.82) is 0 Å². The van der Waals surface area contributed by atoms with E-state index in [2.05, 4.69) is 56.0 Å². The van der Waals surface area contributed by atoms with E-state index in [0.717, 1.165) is 93.4 Å². The van der Waals surface area contributed by atoms with E-state index in [1.54, 1.807) is 15.6 Å². The minimum Gasteiger partial charge on any atom is -0.503 e. The van der Waals surface area contributed by atoms with Crippen molar-refractivity contribution in [3.63, 3.8) is 0 Å². The van der Waals surface area contributed by atoms with Gasteiger partial charge in [0, 0.05) is 69.2 Å². The molecule has 5 aromatic rings. The van der Waals surface area contributed by atoms with Crippen molar-refractivity contribution in [3.05, 3.63) is 83.6 Å². The van der Waals surface area contributed by atoms with Crippen molar-refractivity contribution in [2.45, 2.75) is 57.2 Å². The molecule has 2 saturated heterocycles. The first-order valence-electron chi connectivity index (χ1n) is 20.0. The summed E-state index contributed by atoms with van der Waals surface area (Å²) in [6.07, 6.45) is 6.18. The van der Waals surface area contributed by atoms with E-state index in [1.807, 2.05) is 16.9 Å². The van der Waals surface area contributed by atoms with Crippen LogP contribution in [0.15, 0.2) is 55.0 Å². The number of imide groups is 1. The molecule has 3 fully saturated rings. The maximum atomic E-state index is 14.1. The van der Waals surface area contributed by atoms with Crippen LogP contribution >= 0.6 is 0 Å². The zero-order valence-electron chi connectivity index (χ0n) is 33.2. The number of aliphatic carboxylic acids is 1. The molecule has 8 rings (SSSR count). The third kappa shape index (κ3) is 9.87. The van der Waals surface area contributed by atoms with Crippen molar-refractivity contribution < 1.29 is 55.7 Å². The van der Waals surface area contributed by atoms with Crippen molar-refractivity contribution in [1.82, 2.24) is 34.9 Å². The number of hydrogen-bond donors (Lipinski definition) is 4. The Morgan fingerprint density at radius 3 is 2.34 bits per heavy atom. The zero-order valence-corrected chi connectivity index (χ0v) is 33.2. The highest BCUT2D eigenvalue weighted by Gasteiger charge is 2.38. The van der Waals surface area contributed by atoms with Gasteiger partial charge in [-0.25, -0.2) is 22.9 Å². The lowest BCUT2D eigenvalue weighted by Crippen LogP contribution is -2.49. The lowest BCUT2D eigenvalue weighted by atomic mass is 9.86. The molecule has 4 N–H and O–H groups in total. The molecular weight excluding hydrogens is 828 g/mol. The van der Waals surface area contributed by atoms with Crippen LogP contribution in [0.2, 0.25) is 0 Å². The van der Waals surface area contributed by atoms with Gasteiger partial charge in [0.2, 0.25) is 11.7 Å². The van der Waals surface area contributed by atoms with Gasteiger partial charge in [0.25, 0.3) is 5.91 Å². The molecule has 0 bridgehead atoms. The van der Waals surface area contributed by atoms with Crippen molar-refractivity contribution in [2.24, 2.45) is 5.92 Å². The molecule has 62 heavy (non-hydrogen) atoms. The third-order valence-electron chi connectivity index (χ3n) is 11.5.